The zero-order valence-corrected chi connectivity index (χ0v) is 15.9. The summed E-state index contributed by atoms with van der Waals surface area (Å²) >= 11 is 0. The highest BCUT2D eigenvalue weighted by atomic mass is 16.5. The third-order valence-electron chi connectivity index (χ3n) is 4.94. The van der Waals surface area contributed by atoms with Crippen molar-refractivity contribution >= 4 is 17.6 Å². The lowest BCUT2D eigenvalue weighted by atomic mass is 9.96. The third-order valence-corrected chi connectivity index (χ3v) is 4.94. The van der Waals surface area contributed by atoms with Crippen LogP contribution >= 0.6 is 0 Å². The molecule has 1 aliphatic rings. The summed E-state index contributed by atoms with van der Waals surface area (Å²) in [5, 5.41) is 6.53. The molecule has 1 N–H and O–H groups in total. The average Bonchev–Trinajstić information content (AvgIpc) is 3.07. The Labute approximate surface area is 158 Å². The van der Waals surface area contributed by atoms with Crippen molar-refractivity contribution in [2.24, 2.45) is 5.92 Å². The second kappa shape index (κ2) is 8.24. The van der Waals surface area contributed by atoms with E-state index in [0.29, 0.717) is 43.3 Å². The molecule has 144 valence electrons. The fourth-order valence-corrected chi connectivity index (χ4v) is 3.08. The fraction of sp³-hybridized carbons (Fsp3) is 0.450. The predicted molar refractivity (Wildman–Crippen MR) is 101 cm³/mol. The summed E-state index contributed by atoms with van der Waals surface area (Å²) in [6, 6.07) is 7.47. The number of hydrogen-bond donors (Lipinski definition) is 1. The number of carbonyl (C=O) groups is 2. The molecule has 0 unspecified atom stereocenters. The van der Waals surface area contributed by atoms with Crippen molar-refractivity contribution in [1.82, 2.24) is 10.1 Å². The number of aromatic nitrogens is 1. The molecule has 3 rings (SSSR count). The molecule has 7 nitrogen and oxygen atoms in total. The third kappa shape index (κ3) is 4.87. The minimum absolute atomic E-state index is 0.0115. The maximum absolute atomic E-state index is 12.4. The molecule has 0 radical (unpaired) electrons. The highest BCUT2D eigenvalue weighted by Gasteiger charge is 2.28. The number of ether oxygens (including phenoxy) is 1. The van der Waals surface area contributed by atoms with E-state index in [0.717, 1.165) is 5.56 Å². The summed E-state index contributed by atoms with van der Waals surface area (Å²) in [5.74, 6) is 1.50. The number of nitrogens with one attached hydrogen (secondary N) is 1. The largest absolute Gasteiger partial charge is 0.484 e. The van der Waals surface area contributed by atoms with E-state index in [2.05, 4.69) is 10.5 Å². The van der Waals surface area contributed by atoms with Crippen molar-refractivity contribution in [3.63, 3.8) is 0 Å². The van der Waals surface area contributed by atoms with Crippen molar-refractivity contribution in [1.29, 1.82) is 0 Å². The Bertz CT molecular complexity index is 822. The number of anilines is 1. The van der Waals surface area contributed by atoms with Gasteiger partial charge in [0.25, 0.3) is 5.91 Å². The van der Waals surface area contributed by atoms with Crippen molar-refractivity contribution in [3.05, 3.63) is 41.2 Å². The van der Waals surface area contributed by atoms with Crippen LogP contribution in [0.15, 0.2) is 28.8 Å². The minimum atomic E-state index is -0.133. The van der Waals surface area contributed by atoms with Crippen LogP contribution in [-0.4, -0.2) is 41.6 Å². The quantitative estimate of drug-likeness (QED) is 0.874. The highest BCUT2D eigenvalue weighted by Crippen LogP contribution is 2.20. The monoisotopic (exact) mass is 371 g/mol. The summed E-state index contributed by atoms with van der Waals surface area (Å²) < 4.78 is 10.6. The number of benzene rings is 1. The molecule has 1 aliphatic heterocycles. The van der Waals surface area contributed by atoms with Crippen LogP contribution in [0.4, 0.5) is 5.82 Å². The van der Waals surface area contributed by atoms with Crippen LogP contribution in [0, 0.1) is 26.7 Å². The summed E-state index contributed by atoms with van der Waals surface area (Å²) in [7, 11) is 0. The van der Waals surface area contributed by atoms with Gasteiger partial charge >= 0.3 is 0 Å². The van der Waals surface area contributed by atoms with Crippen molar-refractivity contribution in [2.75, 3.05) is 25.0 Å². The van der Waals surface area contributed by atoms with Crippen LogP contribution in [0.25, 0.3) is 0 Å². The lowest BCUT2D eigenvalue weighted by Gasteiger charge is -2.31. The van der Waals surface area contributed by atoms with Crippen LogP contribution in [0.1, 0.15) is 29.7 Å². The van der Waals surface area contributed by atoms with Gasteiger partial charge in [-0.15, -0.1) is 0 Å². The Morgan fingerprint density at radius 1 is 1.19 bits per heavy atom. The van der Waals surface area contributed by atoms with Gasteiger partial charge in [-0.25, -0.2) is 0 Å². The number of piperidine rings is 1. The maximum Gasteiger partial charge on any atom is 0.260 e. The number of carbonyl (C=O) groups excluding carboxylic acids is 2. The van der Waals surface area contributed by atoms with E-state index >= 15 is 0 Å². The summed E-state index contributed by atoms with van der Waals surface area (Å²) in [4.78, 5) is 26.4. The van der Waals surface area contributed by atoms with Gasteiger partial charge < -0.3 is 19.5 Å². The number of nitrogens with zero attached hydrogens (tertiary/aromatic N) is 2. The van der Waals surface area contributed by atoms with Gasteiger partial charge in [0.15, 0.2) is 12.4 Å². The van der Waals surface area contributed by atoms with Gasteiger partial charge in [-0.3, -0.25) is 9.59 Å². The van der Waals surface area contributed by atoms with Gasteiger partial charge in [-0.2, -0.15) is 0 Å². The number of hydrogen-bond acceptors (Lipinski definition) is 5. The molecule has 2 aromatic rings. The average molecular weight is 371 g/mol. The van der Waals surface area contributed by atoms with Gasteiger partial charge in [0.05, 0.1) is 0 Å². The first-order valence-electron chi connectivity index (χ1n) is 9.14. The molecule has 0 spiro atoms. The highest BCUT2D eigenvalue weighted by molar-refractivity contribution is 5.91. The lowest BCUT2D eigenvalue weighted by molar-refractivity contribution is -0.136. The molecule has 0 aliphatic carbocycles. The van der Waals surface area contributed by atoms with Crippen molar-refractivity contribution in [3.8, 4) is 5.75 Å². The normalized spacial score (nSPS) is 14.9. The Morgan fingerprint density at radius 3 is 2.56 bits per heavy atom. The van der Waals surface area contributed by atoms with Crippen LogP contribution in [0.2, 0.25) is 0 Å². The second-order valence-corrected chi connectivity index (χ2v) is 7.00. The van der Waals surface area contributed by atoms with Crippen molar-refractivity contribution in [2.45, 2.75) is 33.6 Å². The van der Waals surface area contributed by atoms with Crippen molar-refractivity contribution < 1.29 is 18.8 Å². The number of rotatable bonds is 5. The van der Waals surface area contributed by atoms with Crippen LogP contribution in [-0.2, 0) is 9.59 Å². The van der Waals surface area contributed by atoms with Gasteiger partial charge in [-0.1, -0.05) is 11.2 Å². The van der Waals surface area contributed by atoms with Gasteiger partial charge in [-0.05, 0) is 56.9 Å². The Balaban J connectivity index is 1.44. The molecule has 27 heavy (non-hydrogen) atoms. The minimum Gasteiger partial charge on any atom is -0.484 e. The molecular weight excluding hydrogens is 346 g/mol. The fourth-order valence-electron chi connectivity index (χ4n) is 3.08. The lowest BCUT2D eigenvalue weighted by Crippen LogP contribution is -2.43. The zero-order chi connectivity index (χ0) is 19.4. The molecular formula is C20H25N3O4. The van der Waals surface area contributed by atoms with Crippen LogP contribution < -0.4 is 10.1 Å². The molecule has 0 bridgehead atoms. The first-order valence-corrected chi connectivity index (χ1v) is 9.14. The molecule has 1 aromatic carbocycles. The predicted octanol–water partition coefficient (Wildman–Crippen LogP) is 2.86. The van der Waals surface area contributed by atoms with E-state index in [1.807, 2.05) is 32.0 Å². The SMILES string of the molecule is Cc1cc(NC(=O)C2CCN(C(=O)COc3ccc(C)c(C)c3)CC2)no1. The maximum atomic E-state index is 12.4. The smallest absolute Gasteiger partial charge is 0.260 e. The summed E-state index contributed by atoms with van der Waals surface area (Å²) in [6.07, 6.45) is 1.25. The van der Waals surface area contributed by atoms with E-state index in [1.54, 1.807) is 17.9 Å². The summed E-state index contributed by atoms with van der Waals surface area (Å²) in [6.45, 7) is 6.93. The van der Waals surface area contributed by atoms with Gasteiger partial charge in [0, 0.05) is 25.1 Å². The Kier molecular flexibility index (Phi) is 5.78. The summed E-state index contributed by atoms with van der Waals surface area (Å²) in [5.41, 5.74) is 2.32. The molecule has 2 heterocycles. The van der Waals surface area contributed by atoms with E-state index < -0.39 is 0 Å². The molecule has 1 saturated heterocycles. The van der Waals surface area contributed by atoms with E-state index in [4.69, 9.17) is 9.26 Å². The molecule has 7 heteroatoms. The second-order valence-electron chi connectivity index (χ2n) is 7.00. The van der Waals surface area contributed by atoms with Crippen LogP contribution in [0.5, 0.6) is 5.75 Å². The number of amides is 2. The number of likely N-dealkylation sites (tertiary alicyclic amines) is 1. The standard InChI is InChI=1S/C20H25N3O4/c1-13-4-5-17(10-14(13)2)26-12-19(24)23-8-6-16(7-9-23)20(25)21-18-11-15(3)27-22-18/h4-5,10-11,16H,6-9,12H2,1-3H3,(H,21,22,25). The topological polar surface area (TPSA) is 84.7 Å². The Morgan fingerprint density at radius 2 is 1.93 bits per heavy atom. The van der Waals surface area contributed by atoms with E-state index in [1.165, 1.54) is 5.56 Å². The van der Waals surface area contributed by atoms with E-state index in [-0.39, 0.29) is 24.3 Å². The number of aryl methyl sites for hydroxylation is 3. The molecule has 2 amide bonds. The van der Waals surface area contributed by atoms with Gasteiger partial charge in [0.2, 0.25) is 5.91 Å². The molecule has 0 atom stereocenters. The Hall–Kier alpha value is -2.83. The van der Waals surface area contributed by atoms with Gasteiger partial charge in [0.1, 0.15) is 11.5 Å². The molecule has 1 aromatic heterocycles. The first kappa shape index (κ1) is 18.9. The van der Waals surface area contributed by atoms with Crippen LogP contribution in [0.3, 0.4) is 0 Å². The zero-order valence-electron chi connectivity index (χ0n) is 15.9. The molecule has 0 saturated carbocycles. The molecule has 1 fully saturated rings. The van der Waals surface area contributed by atoms with E-state index in [9.17, 15) is 9.59 Å². The first-order chi connectivity index (χ1) is 12.9.